The molecule has 0 unspecified atom stereocenters. The minimum absolute atomic E-state index is 0.248. The Kier molecular flexibility index (Phi) is 4.76. The number of carbonyl (C=O) groups excluding carboxylic acids is 1. The Bertz CT molecular complexity index is 446. The second kappa shape index (κ2) is 6.33. The molecule has 0 aromatic carbocycles. The first-order chi connectivity index (χ1) is 8.66. The third-order valence-electron chi connectivity index (χ3n) is 2.38. The third kappa shape index (κ3) is 3.55. The maximum Gasteiger partial charge on any atom is 0.279 e. The lowest BCUT2D eigenvalue weighted by Crippen LogP contribution is -2.51. The topological polar surface area (TPSA) is 53.6 Å². The number of thiophene rings is 1. The van der Waals surface area contributed by atoms with E-state index >= 15 is 0 Å². The number of rotatable bonds is 1. The molecule has 0 spiro atoms. The van der Waals surface area contributed by atoms with Gasteiger partial charge in [0.15, 0.2) is 5.11 Å². The molecular formula is C10H12ClN3O2S2. The molecule has 1 aromatic heterocycles. The van der Waals surface area contributed by atoms with Crippen molar-refractivity contribution in [2.24, 2.45) is 0 Å². The smallest absolute Gasteiger partial charge is 0.279 e. The van der Waals surface area contributed by atoms with Crippen molar-refractivity contribution in [2.45, 2.75) is 0 Å². The molecular weight excluding hydrogens is 294 g/mol. The van der Waals surface area contributed by atoms with Crippen molar-refractivity contribution in [1.82, 2.24) is 15.8 Å². The van der Waals surface area contributed by atoms with Gasteiger partial charge in [-0.1, -0.05) is 11.6 Å². The lowest BCUT2D eigenvalue weighted by molar-refractivity contribution is 0.0670. The fourth-order valence-electron chi connectivity index (χ4n) is 1.45. The maximum absolute atomic E-state index is 11.7. The van der Waals surface area contributed by atoms with E-state index in [1.807, 2.05) is 4.90 Å². The van der Waals surface area contributed by atoms with E-state index in [0.29, 0.717) is 27.5 Å². The molecule has 1 amide bonds. The summed E-state index contributed by atoms with van der Waals surface area (Å²) >= 11 is 12.1. The number of halogens is 1. The van der Waals surface area contributed by atoms with Gasteiger partial charge in [0.1, 0.15) is 0 Å². The molecule has 98 valence electrons. The average Bonchev–Trinajstić information content (AvgIpc) is 2.83. The number of hydrazine groups is 1. The Labute approximate surface area is 119 Å². The van der Waals surface area contributed by atoms with Gasteiger partial charge in [-0.25, -0.2) is 0 Å². The molecule has 1 saturated heterocycles. The summed E-state index contributed by atoms with van der Waals surface area (Å²) in [6, 6.07) is 3.35. The highest BCUT2D eigenvalue weighted by molar-refractivity contribution is 7.80. The van der Waals surface area contributed by atoms with Gasteiger partial charge in [-0.15, -0.1) is 11.3 Å². The molecule has 1 fully saturated rings. The van der Waals surface area contributed by atoms with E-state index in [1.165, 1.54) is 11.3 Å². The van der Waals surface area contributed by atoms with E-state index in [-0.39, 0.29) is 5.91 Å². The van der Waals surface area contributed by atoms with Gasteiger partial charge in [-0.2, -0.15) is 0 Å². The van der Waals surface area contributed by atoms with Crippen LogP contribution in [0.15, 0.2) is 12.1 Å². The first kappa shape index (κ1) is 13.5. The second-order valence-corrected chi connectivity index (χ2v) is 5.69. The number of amides is 1. The van der Waals surface area contributed by atoms with Crippen LogP contribution in [-0.4, -0.2) is 42.2 Å². The van der Waals surface area contributed by atoms with Crippen molar-refractivity contribution in [3.05, 3.63) is 21.3 Å². The zero-order valence-electron chi connectivity index (χ0n) is 9.44. The van der Waals surface area contributed by atoms with Crippen LogP contribution in [0.1, 0.15) is 9.67 Å². The summed E-state index contributed by atoms with van der Waals surface area (Å²) in [6.07, 6.45) is 0. The molecule has 2 N–H and O–H groups in total. The van der Waals surface area contributed by atoms with Crippen LogP contribution in [0.2, 0.25) is 4.34 Å². The van der Waals surface area contributed by atoms with E-state index in [0.717, 1.165) is 13.1 Å². The van der Waals surface area contributed by atoms with Crippen LogP contribution >= 0.6 is 35.2 Å². The summed E-state index contributed by atoms with van der Waals surface area (Å²) in [7, 11) is 0. The van der Waals surface area contributed by atoms with Crippen molar-refractivity contribution in [3.63, 3.8) is 0 Å². The van der Waals surface area contributed by atoms with Crippen molar-refractivity contribution in [2.75, 3.05) is 26.3 Å². The molecule has 0 atom stereocenters. The molecule has 5 nitrogen and oxygen atoms in total. The normalized spacial score (nSPS) is 15.3. The van der Waals surface area contributed by atoms with Crippen LogP contribution < -0.4 is 10.9 Å². The van der Waals surface area contributed by atoms with Crippen LogP contribution in [0.25, 0.3) is 0 Å². The number of nitrogens with zero attached hydrogens (tertiary/aromatic N) is 1. The van der Waals surface area contributed by atoms with Crippen molar-refractivity contribution >= 4 is 46.2 Å². The zero-order valence-corrected chi connectivity index (χ0v) is 11.8. The number of ether oxygens (including phenoxy) is 1. The molecule has 0 saturated carbocycles. The predicted octanol–water partition coefficient (Wildman–Crippen LogP) is 1.25. The Balaban J connectivity index is 1.80. The third-order valence-corrected chi connectivity index (χ3v) is 3.97. The molecule has 0 radical (unpaired) electrons. The van der Waals surface area contributed by atoms with Crippen LogP contribution in [0.4, 0.5) is 0 Å². The molecule has 1 aliphatic heterocycles. The summed E-state index contributed by atoms with van der Waals surface area (Å²) in [5.74, 6) is -0.248. The summed E-state index contributed by atoms with van der Waals surface area (Å²) in [6.45, 7) is 2.76. The molecule has 8 heteroatoms. The molecule has 1 aromatic rings. The van der Waals surface area contributed by atoms with E-state index in [1.54, 1.807) is 12.1 Å². The molecule has 18 heavy (non-hydrogen) atoms. The quantitative estimate of drug-likeness (QED) is 0.604. The monoisotopic (exact) mass is 305 g/mol. The molecule has 1 aliphatic rings. The number of hydrogen-bond donors (Lipinski definition) is 2. The van der Waals surface area contributed by atoms with Gasteiger partial charge >= 0.3 is 0 Å². The summed E-state index contributed by atoms with van der Waals surface area (Å²) in [5.41, 5.74) is 5.27. The summed E-state index contributed by atoms with van der Waals surface area (Å²) < 4.78 is 5.80. The van der Waals surface area contributed by atoms with E-state index in [2.05, 4.69) is 10.9 Å². The number of nitrogens with one attached hydrogen (secondary N) is 2. The minimum Gasteiger partial charge on any atom is -0.378 e. The predicted molar refractivity (Wildman–Crippen MR) is 74.9 cm³/mol. The summed E-state index contributed by atoms with van der Waals surface area (Å²) in [4.78, 5) is 14.2. The average molecular weight is 306 g/mol. The van der Waals surface area contributed by atoms with E-state index in [4.69, 9.17) is 28.6 Å². The molecule has 2 rings (SSSR count). The zero-order chi connectivity index (χ0) is 13.0. The fourth-order valence-corrected chi connectivity index (χ4v) is 2.63. The van der Waals surface area contributed by atoms with Crippen molar-refractivity contribution in [3.8, 4) is 0 Å². The van der Waals surface area contributed by atoms with Crippen LogP contribution in [0.5, 0.6) is 0 Å². The number of thiocarbonyl (C=S) groups is 1. The van der Waals surface area contributed by atoms with Crippen molar-refractivity contribution < 1.29 is 9.53 Å². The Hall–Kier alpha value is -0.890. The van der Waals surface area contributed by atoms with Gasteiger partial charge < -0.3 is 9.64 Å². The van der Waals surface area contributed by atoms with Gasteiger partial charge in [0.2, 0.25) is 0 Å². The Morgan fingerprint density at radius 3 is 2.72 bits per heavy atom. The first-order valence-electron chi connectivity index (χ1n) is 5.35. The number of morpholine rings is 1. The van der Waals surface area contributed by atoms with Gasteiger partial charge in [0.25, 0.3) is 5.91 Å². The second-order valence-electron chi connectivity index (χ2n) is 3.59. The minimum atomic E-state index is -0.248. The van der Waals surface area contributed by atoms with Gasteiger partial charge in [-0.3, -0.25) is 15.6 Å². The molecule has 0 bridgehead atoms. The van der Waals surface area contributed by atoms with E-state index in [9.17, 15) is 4.79 Å². The highest BCUT2D eigenvalue weighted by atomic mass is 35.5. The summed E-state index contributed by atoms with van der Waals surface area (Å²) in [5, 5.41) is 0.495. The van der Waals surface area contributed by atoms with Crippen LogP contribution in [-0.2, 0) is 4.74 Å². The van der Waals surface area contributed by atoms with Crippen LogP contribution in [0.3, 0.4) is 0 Å². The lowest BCUT2D eigenvalue weighted by Gasteiger charge is -2.29. The first-order valence-corrected chi connectivity index (χ1v) is 6.95. The number of carbonyl (C=O) groups is 1. The SMILES string of the molecule is O=C(NNC(=S)N1CCOCC1)c1ccc(Cl)s1. The highest BCUT2D eigenvalue weighted by Gasteiger charge is 2.14. The maximum atomic E-state index is 11.7. The Morgan fingerprint density at radius 2 is 2.11 bits per heavy atom. The van der Waals surface area contributed by atoms with Gasteiger partial charge in [-0.05, 0) is 24.4 Å². The number of hydrogen-bond acceptors (Lipinski definition) is 4. The van der Waals surface area contributed by atoms with Gasteiger partial charge in [0.05, 0.1) is 22.4 Å². The molecule has 2 heterocycles. The van der Waals surface area contributed by atoms with Crippen LogP contribution in [0, 0.1) is 0 Å². The highest BCUT2D eigenvalue weighted by Crippen LogP contribution is 2.20. The Morgan fingerprint density at radius 1 is 1.39 bits per heavy atom. The standard InChI is InChI=1S/C10H12ClN3O2S2/c11-8-2-1-7(18-8)9(15)12-13-10(17)14-3-5-16-6-4-14/h1-2H,3-6H2,(H,12,15)(H,13,17). The largest absolute Gasteiger partial charge is 0.378 e. The van der Waals surface area contributed by atoms with E-state index < -0.39 is 0 Å². The fraction of sp³-hybridized carbons (Fsp3) is 0.400. The van der Waals surface area contributed by atoms with Gasteiger partial charge in [0, 0.05) is 13.1 Å². The van der Waals surface area contributed by atoms with Crippen molar-refractivity contribution in [1.29, 1.82) is 0 Å². The molecule has 0 aliphatic carbocycles. The lowest BCUT2D eigenvalue weighted by atomic mass is 10.4.